The highest BCUT2D eigenvalue weighted by Crippen LogP contribution is 2.32. The largest absolute Gasteiger partial charge is 0.468 e. The number of ether oxygens (including phenoxy) is 2. The highest BCUT2D eigenvalue weighted by Gasteiger charge is 2.38. The van der Waals surface area contributed by atoms with Crippen molar-refractivity contribution in [3.63, 3.8) is 0 Å². The fraction of sp³-hybridized carbons (Fsp3) is 0.389. The number of esters is 2. The second kappa shape index (κ2) is 7.22. The Morgan fingerprint density at radius 3 is 2.43 bits per heavy atom. The third kappa shape index (κ3) is 3.67. The Hall–Kier alpha value is -2.43. The molecule has 2 unspecified atom stereocenters. The maximum absolute atomic E-state index is 12.5. The number of carbonyl (C=O) groups is 2. The molecular formula is C18H21NO4. The van der Waals surface area contributed by atoms with E-state index in [1.165, 1.54) is 7.11 Å². The van der Waals surface area contributed by atoms with Crippen molar-refractivity contribution < 1.29 is 19.1 Å². The lowest BCUT2D eigenvalue weighted by Crippen LogP contribution is -2.36. The Morgan fingerprint density at radius 1 is 1.17 bits per heavy atom. The number of rotatable bonds is 4. The first-order chi connectivity index (χ1) is 11.0. The third-order valence-corrected chi connectivity index (χ3v) is 4.03. The van der Waals surface area contributed by atoms with Crippen LogP contribution in [0.4, 0.5) is 0 Å². The van der Waals surface area contributed by atoms with E-state index in [0.29, 0.717) is 17.0 Å². The number of hydrogen-bond donors (Lipinski definition) is 0. The average Bonchev–Trinajstić information content (AvgIpc) is 2.53. The highest BCUT2D eigenvalue weighted by atomic mass is 16.5. The SMILES string of the molecule is COC(=O)C1C(C)=NC(C)=C(C(=O)OCc2ccccc2)C1C. The lowest BCUT2D eigenvalue weighted by atomic mass is 9.81. The third-order valence-electron chi connectivity index (χ3n) is 4.03. The number of carbonyl (C=O) groups excluding carboxylic acids is 2. The summed E-state index contributed by atoms with van der Waals surface area (Å²) in [5, 5.41) is 0. The van der Waals surface area contributed by atoms with Crippen LogP contribution in [0.15, 0.2) is 46.6 Å². The summed E-state index contributed by atoms with van der Waals surface area (Å²) >= 11 is 0. The molecule has 1 aliphatic heterocycles. The minimum atomic E-state index is -0.553. The molecule has 2 rings (SSSR count). The van der Waals surface area contributed by atoms with Gasteiger partial charge < -0.3 is 9.47 Å². The van der Waals surface area contributed by atoms with Crippen molar-refractivity contribution in [3.05, 3.63) is 47.2 Å². The zero-order valence-electron chi connectivity index (χ0n) is 13.8. The molecule has 1 aromatic carbocycles. The van der Waals surface area contributed by atoms with Gasteiger partial charge in [0.05, 0.1) is 12.7 Å². The van der Waals surface area contributed by atoms with Crippen molar-refractivity contribution in [2.45, 2.75) is 27.4 Å². The topological polar surface area (TPSA) is 65.0 Å². The molecule has 1 heterocycles. The summed E-state index contributed by atoms with van der Waals surface area (Å²) in [5.74, 6) is -1.71. The Kier molecular flexibility index (Phi) is 5.32. The van der Waals surface area contributed by atoms with Gasteiger partial charge in [0.15, 0.2) is 0 Å². The van der Waals surface area contributed by atoms with Gasteiger partial charge in [-0.15, -0.1) is 0 Å². The van der Waals surface area contributed by atoms with E-state index in [-0.39, 0.29) is 18.5 Å². The van der Waals surface area contributed by atoms with E-state index >= 15 is 0 Å². The van der Waals surface area contributed by atoms with Crippen LogP contribution in [0.2, 0.25) is 0 Å². The van der Waals surface area contributed by atoms with E-state index in [2.05, 4.69) is 4.99 Å². The van der Waals surface area contributed by atoms with Crippen molar-refractivity contribution in [1.82, 2.24) is 0 Å². The normalized spacial score (nSPS) is 20.8. The van der Waals surface area contributed by atoms with E-state index in [0.717, 1.165) is 5.56 Å². The molecular weight excluding hydrogens is 294 g/mol. The van der Waals surface area contributed by atoms with Crippen LogP contribution in [0, 0.1) is 11.8 Å². The van der Waals surface area contributed by atoms with Crippen LogP contribution in [0.3, 0.4) is 0 Å². The number of methoxy groups -OCH3 is 1. The molecule has 0 bridgehead atoms. The van der Waals surface area contributed by atoms with Crippen molar-refractivity contribution in [2.24, 2.45) is 16.8 Å². The number of benzene rings is 1. The first kappa shape index (κ1) is 16.9. The molecule has 0 spiro atoms. The smallest absolute Gasteiger partial charge is 0.336 e. The standard InChI is InChI=1S/C18H21NO4/c1-11-15(17(20)22-4)12(2)19-13(3)16(11)18(21)23-10-14-8-6-5-7-9-14/h5-9,11,15H,10H2,1-4H3. The number of nitrogens with zero attached hydrogens (tertiary/aromatic N) is 1. The molecule has 1 aromatic rings. The summed E-state index contributed by atoms with van der Waals surface area (Å²) in [6.07, 6.45) is 0. The Morgan fingerprint density at radius 2 is 1.83 bits per heavy atom. The predicted molar refractivity (Wildman–Crippen MR) is 86.7 cm³/mol. The molecule has 23 heavy (non-hydrogen) atoms. The first-order valence-electron chi connectivity index (χ1n) is 7.50. The van der Waals surface area contributed by atoms with Gasteiger partial charge in [-0.25, -0.2) is 4.79 Å². The van der Waals surface area contributed by atoms with Crippen LogP contribution in [0.1, 0.15) is 26.3 Å². The molecule has 0 saturated heterocycles. The van der Waals surface area contributed by atoms with Crippen molar-refractivity contribution in [1.29, 1.82) is 0 Å². The highest BCUT2D eigenvalue weighted by molar-refractivity contribution is 6.05. The number of allylic oxidation sites excluding steroid dienone is 1. The first-order valence-corrected chi connectivity index (χ1v) is 7.50. The molecule has 0 radical (unpaired) electrons. The molecule has 0 aromatic heterocycles. The van der Waals surface area contributed by atoms with Gasteiger partial charge in [0.2, 0.25) is 0 Å². The summed E-state index contributed by atoms with van der Waals surface area (Å²) in [7, 11) is 1.33. The summed E-state index contributed by atoms with van der Waals surface area (Å²) in [6.45, 7) is 5.54. The maximum Gasteiger partial charge on any atom is 0.336 e. The van der Waals surface area contributed by atoms with E-state index in [1.54, 1.807) is 13.8 Å². The van der Waals surface area contributed by atoms with Gasteiger partial charge >= 0.3 is 11.9 Å². The van der Waals surface area contributed by atoms with Gasteiger partial charge in [0.25, 0.3) is 0 Å². The van der Waals surface area contributed by atoms with Crippen molar-refractivity contribution in [3.8, 4) is 0 Å². The fourth-order valence-electron chi connectivity index (χ4n) is 2.89. The zero-order valence-corrected chi connectivity index (χ0v) is 13.8. The molecule has 0 fully saturated rings. The molecule has 2 atom stereocenters. The molecule has 0 N–H and O–H groups in total. The van der Waals surface area contributed by atoms with E-state index in [1.807, 2.05) is 37.3 Å². The lowest BCUT2D eigenvalue weighted by Gasteiger charge is -2.28. The molecule has 0 amide bonds. The van der Waals surface area contributed by atoms with E-state index < -0.39 is 11.9 Å². The van der Waals surface area contributed by atoms with Gasteiger partial charge in [-0.3, -0.25) is 9.79 Å². The van der Waals surface area contributed by atoms with Crippen LogP contribution in [-0.4, -0.2) is 24.8 Å². The minimum Gasteiger partial charge on any atom is -0.468 e. The Bertz CT molecular complexity index is 661. The molecule has 5 heteroatoms. The van der Waals surface area contributed by atoms with Gasteiger partial charge in [-0.1, -0.05) is 37.3 Å². The summed E-state index contributed by atoms with van der Waals surface area (Å²) < 4.78 is 10.2. The van der Waals surface area contributed by atoms with Gasteiger partial charge in [0.1, 0.15) is 12.5 Å². The van der Waals surface area contributed by atoms with E-state index in [4.69, 9.17) is 9.47 Å². The van der Waals surface area contributed by atoms with Crippen molar-refractivity contribution >= 4 is 17.7 Å². The van der Waals surface area contributed by atoms with Crippen LogP contribution in [0.25, 0.3) is 0 Å². The van der Waals surface area contributed by atoms with Gasteiger partial charge in [-0.05, 0) is 19.4 Å². The van der Waals surface area contributed by atoms with Crippen molar-refractivity contribution in [2.75, 3.05) is 7.11 Å². The van der Waals surface area contributed by atoms with E-state index in [9.17, 15) is 9.59 Å². The molecule has 122 valence electrons. The van der Waals surface area contributed by atoms with Crippen LogP contribution >= 0.6 is 0 Å². The van der Waals surface area contributed by atoms with Crippen LogP contribution in [-0.2, 0) is 25.7 Å². The van der Waals surface area contributed by atoms with Crippen LogP contribution < -0.4 is 0 Å². The number of aliphatic imine (C=N–C) groups is 1. The zero-order chi connectivity index (χ0) is 17.0. The molecule has 1 aliphatic rings. The fourth-order valence-corrected chi connectivity index (χ4v) is 2.89. The predicted octanol–water partition coefficient (Wildman–Crippen LogP) is 2.90. The monoisotopic (exact) mass is 315 g/mol. The lowest BCUT2D eigenvalue weighted by molar-refractivity contribution is -0.145. The Labute approximate surface area is 136 Å². The van der Waals surface area contributed by atoms with Gasteiger partial charge in [-0.2, -0.15) is 0 Å². The second-order valence-electron chi connectivity index (χ2n) is 5.60. The minimum absolute atomic E-state index is 0.189. The second-order valence-corrected chi connectivity index (χ2v) is 5.60. The Balaban J connectivity index is 2.17. The molecule has 5 nitrogen and oxygen atoms in total. The summed E-state index contributed by atoms with van der Waals surface area (Å²) in [4.78, 5) is 28.8. The maximum atomic E-state index is 12.5. The number of hydrogen-bond acceptors (Lipinski definition) is 5. The molecule has 0 aliphatic carbocycles. The summed E-state index contributed by atoms with van der Waals surface area (Å²) in [5.41, 5.74) is 2.59. The quantitative estimate of drug-likeness (QED) is 0.801. The average molecular weight is 315 g/mol. The molecule has 0 saturated carbocycles. The summed E-state index contributed by atoms with van der Waals surface area (Å²) in [6, 6.07) is 9.45. The van der Waals surface area contributed by atoms with Gasteiger partial charge in [0, 0.05) is 17.3 Å². The van der Waals surface area contributed by atoms with Crippen LogP contribution in [0.5, 0.6) is 0 Å².